The molecule has 3 aromatic rings. The molecular weight excluding hydrogens is 526 g/mol. The van der Waals surface area contributed by atoms with E-state index in [1.807, 2.05) is 48.5 Å². The Balaban J connectivity index is 1.35. The van der Waals surface area contributed by atoms with Gasteiger partial charge in [-0.05, 0) is 46.2 Å². The van der Waals surface area contributed by atoms with Crippen LogP contribution in [0.15, 0.2) is 60.9 Å². The quantitative estimate of drug-likeness (QED) is 0.464. The molecule has 1 fully saturated rings. The van der Waals surface area contributed by atoms with Gasteiger partial charge in [-0.2, -0.15) is 0 Å². The first-order valence-electron chi connectivity index (χ1n) is 13.6. The Labute approximate surface area is 237 Å². The maximum absolute atomic E-state index is 13.4. The molecule has 0 aliphatic carbocycles. The number of hydrogen-bond acceptors (Lipinski definition) is 8. The van der Waals surface area contributed by atoms with E-state index in [-0.39, 0.29) is 36.8 Å². The van der Waals surface area contributed by atoms with E-state index in [0.29, 0.717) is 50.6 Å². The van der Waals surface area contributed by atoms with Crippen LogP contribution in [0, 0.1) is 5.92 Å². The Bertz CT molecular complexity index is 1380. The second-order valence-corrected chi connectivity index (χ2v) is 9.99. The zero-order valence-electron chi connectivity index (χ0n) is 22.9. The lowest BCUT2D eigenvalue weighted by molar-refractivity contribution is -0.132. The molecule has 2 bridgehead atoms. The molecule has 12 nitrogen and oxygen atoms in total. The van der Waals surface area contributed by atoms with E-state index < -0.39 is 5.92 Å². The third-order valence-electron chi connectivity index (χ3n) is 7.37. The van der Waals surface area contributed by atoms with Crippen LogP contribution < -0.4 is 14.8 Å². The fourth-order valence-electron chi connectivity index (χ4n) is 5.19. The summed E-state index contributed by atoms with van der Waals surface area (Å²) in [5.41, 5.74) is 1.81. The van der Waals surface area contributed by atoms with Gasteiger partial charge in [0.25, 0.3) is 0 Å². The largest absolute Gasteiger partial charge is 0.493 e. The summed E-state index contributed by atoms with van der Waals surface area (Å²) in [5, 5.41) is 14.0. The third-order valence-corrected chi connectivity index (χ3v) is 7.37. The maximum atomic E-state index is 13.4. The average Bonchev–Trinajstić information content (AvgIpc) is 3.67. The molecule has 1 aromatic heterocycles. The van der Waals surface area contributed by atoms with E-state index >= 15 is 0 Å². The summed E-state index contributed by atoms with van der Waals surface area (Å²) in [6, 6.07) is 15.2. The summed E-state index contributed by atoms with van der Waals surface area (Å²) in [7, 11) is 1.56. The monoisotopic (exact) mass is 559 g/mol. The second kappa shape index (κ2) is 13.1. The molecule has 0 unspecified atom stereocenters. The number of benzene rings is 2. The number of methoxy groups -OCH3 is 1. The molecule has 0 saturated carbocycles. The number of tetrazole rings is 1. The van der Waals surface area contributed by atoms with Crippen LogP contribution in [0.25, 0.3) is 6.08 Å². The molecule has 1 saturated heterocycles. The van der Waals surface area contributed by atoms with Crippen LogP contribution in [0.4, 0.5) is 0 Å². The summed E-state index contributed by atoms with van der Waals surface area (Å²) in [5.74, 6) is -0.0184. The number of ether oxygens (including phenoxy) is 2. The molecular formula is C29H33N7O5. The van der Waals surface area contributed by atoms with Gasteiger partial charge >= 0.3 is 0 Å². The summed E-state index contributed by atoms with van der Waals surface area (Å²) in [4.78, 5) is 42.9. The predicted molar refractivity (Wildman–Crippen MR) is 149 cm³/mol. The average molecular weight is 560 g/mol. The number of aromatic nitrogens is 4. The molecule has 2 atom stereocenters. The van der Waals surface area contributed by atoms with Crippen molar-refractivity contribution < 1.29 is 23.9 Å². The van der Waals surface area contributed by atoms with Crippen LogP contribution in [-0.4, -0.2) is 94.2 Å². The Kier molecular flexibility index (Phi) is 8.87. The molecule has 2 aromatic carbocycles. The van der Waals surface area contributed by atoms with Crippen molar-refractivity contribution in [2.24, 2.45) is 5.92 Å². The molecule has 1 N–H and O–H groups in total. The Hall–Kier alpha value is -4.74. The lowest BCUT2D eigenvalue weighted by Gasteiger charge is -2.25. The van der Waals surface area contributed by atoms with E-state index in [1.54, 1.807) is 29.1 Å². The van der Waals surface area contributed by atoms with Gasteiger partial charge in [-0.1, -0.05) is 36.4 Å². The minimum atomic E-state index is -0.439. The second-order valence-electron chi connectivity index (χ2n) is 9.99. The molecule has 3 heterocycles. The normalized spacial score (nSPS) is 19.7. The van der Waals surface area contributed by atoms with Crippen molar-refractivity contribution >= 4 is 23.8 Å². The van der Waals surface area contributed by atoms with Gasteiger partial charge in [0.2, 0.25) is 17.7 Å². The highest BCUT2D eigenvalue weighted by atomic mass is 16.5. The molecule has 2 aliphatic heterocycles. The van der Waals surface area contributed by atoms with Crippen molar-refractivity contribution in [3.63, 3.8) is 0 Å². The minimum absolute atomic E-state index is 0.00447. The fourth-order valence-corrected chi connectivity index (χ4v) is 5.19. The standard InChI is InChI=1S/C29H33N7O5/c1-40-25-10-9-22-16-26(25)41-15-14-34(28(38)19-36-20-31-32-33-36)13-5-12-30-29(39)24-18-35(17-23(22)24)27(37)11-8-21-6-3-2-4-7-21/h2-4,6-11,16,20,23-24H,5,12-15,17-19H2,1H3,(H,30,39)/t23-,24+/m1/s1. The zero-order chi connectivity index (χ0) is 28.6. The fraction of sp³-hybridized carbons (Fsp3) is 0.379. The van der Waals surface area contributed by atoms with Crippen LogP contribution >= 0.6 is 0 Å². The van der Waals surface area contributed by atoms with E-state index in [2.05, 4.69) is 20.8 Å². The van der Waals surface area contributed by atoms with Crippen molar-refractivity contribution in [2.45, 2.75) is 18.9 Å². The Morgan fingerprint density at radius 3 is 2.71 bits per heavy atom. The summed E-state index contributed by atoms with van der Waals surface area (Å²) < 4.78 is 13.0. The lowest BCUT2D eigenvalue weighted by atomic mass is 9.88. The number of likely N-dealkylation sites (tertiary alicyclic amines) is 1. The first-order chi connectivity index (χ1) is 20.0. The van der Waals surface area contributed by atoms with Crippen LogP contribution in [0.5, 0.6) is 11.5 Å². The summed E-state index contributed by atoms with van der Waals surface area (Å²) in [6.07, 6.45) is 5.28. The topological polar surface area (TPSA) is 132 Å². The highest BCUT2D eigenvalue weighted by Gasteiger charge is 2.40. The molecule has 12 heteroatoms. The Morgan fingerprint density at radius 2 is 1.93 bits per heavy atom. The van der Waals surface area contributed by atoms with Crippen molar-refractivity contribution in [1.29, 1.82) is 0 Å². The molecule has 214 valence electrons. The molecule has 5 rings (SSSR count). The molecule has 3 amide bonds. The third kappa shape index (κ3) is 6.89. The zero-order valence-corrected chi connectivity index (χ0v) is 22.9. The first kappa shape index (κ1) is 27.8. The predicted octanol–water partition coefficient (Wildman–Crippen LogP) is 1.36. The summed E-state index contributed by atoms with van der Waals surface area (Å²) >= 11 is 0. The number of rotatable bonds is 5. The van der Waals surface area contributed by atoms with Gasteiger partial charge in [0.1, 0.15) is 19.5 Å². The minimum Gasteiger partial charge on any atom is -0.493 e. The van der Waals surface area contributed by atoms with E-state index in [0.717, 1.165) is 11.1 Å². The van der Waals surface area contributed by atoms with Gasteiger partial charge in [0.15, 0.2) is 11.5 Å². The Morgan fingerprint density at radius 1 is 1.10 bits per heavy atom. The molecule has 41 heavy (non-hydrogen) atoms. The number of carbonyl (C=O) groups excluding carboxylic acids is 3. The van der Waals surface area contributed by atoms with Crippen LogP contribution in [0.3, 0.4) is 0 Å². The van der Waals surface area contributed by atoms with Crippen molar-refractivity contribution in [2.75, 3.05) is 46.4 Å². The first-order valence-corrected chi connectivity index (χ1v) is 13.6. The molecule has 0 radical (unpaired) electrons. The van der Waals surface area contributed by atoms with Gasteiger partial charge in [-0.25, -0.2) is 4.68 Å². The number of fused-ring (bicyclic) bond motifs is 4. The number of hydrogen-bond donors (Lipinski definition) is 1. The number of nitrogens with zero attached hydrogens (tertiary/aromatic N) is 6. The van der Waals surface area contributed by atoms with Gasteiger partial charge < -0.3 is 24.6 Å². The van der Waals surface area contributed by atoms with E-state index in [9.17, 15) is 14.4 Å². The highest BCUT2D eigenvalue weighted by molar-refractivity contribution is 5.93. The van der Waals surface area contributed by atoms with Crippen LogP contribution in [0.2, 0.25) is 0 Å². The van der Waals surface area contributed by atoms with Crippen LogP contribution in [0.1, 0.15) is 23.5 Å². The molecule has 2 aliphatic rings. The van der Waals surface area contributed by atoms with Crippen molar-refractivity contribution in [1.82, 2.24) is 35.3 Å². The maximum Gasteiger partial charge on any atom is 0.246 e. The summed E-state index contributed by atoms with van der Waals surface area (Å²) in [6.45, 7) is 2.11. The lowest BCUT2D eigenvalue weighted by Crippen LogP contribution is -2.40. The number of carbonyl (C=O) groups is 3. The smallest absolute Gasteiger partial charge is 0.246 e. The SMILES string of the molecule is COc1ccc2cc1OCCN(C(=O)Cn1cnnn1)CCCNC(=O)[C@H]1CN(C(=O)C=Cc3ccccc3)C[C@H]21. The van der Waals surface area contributed by atoms with E-state index in [4.69, 9.17) is 9.47 Å². The van der Waals surface area contributed by atoms with Gasteiger partial charge in [-0.3, -0.25) is 14.4 Å². The highest BCUT2D eigenvalue weighted by Crippen LogP contribution is 2.38. The molecule has 0 spiro atoms. The van der Waals surface area contributed by atoms with Crippen molar-refractivity contribution in [3.8, 4) is 11.5 Å². The van der Waals surface area contributed by atoms with Gasteiger partial charge in [0.05, 0.1) is 19.6 Å². The number of amides is 3. The number of nitrogens with one attached hydrogen (secondary N) is 1. The van der Waals surface area contributed by atoms with Crippen molar-refractivity contribution in [3.05, 3.63) is 72.1 Å². The van der Waals surface area contributed by atoms with Crippen LogP contribution in [-0.2, 0) is 20.9 Å². The van der Waals surface area contributed by atoms with E-state index in [1.165, 1.54) is 11.0 Å². The van der Waals surface area contributed by atoms with Gasteiger partial charge in [-0.15, -0.1) is 5.10 Å². The van der Waals surface area contributed by atoms with Gasteiger partial charge in [0, 0.05) is 38.2 Å².